The van der Waals surface area contributed by atoms with Gasteiger partial charge in [-0.2, -0.15) is 0 Å². The standard InChI is InChI=1S/C16H19ClN2OS/c1-10-3-2-7-19(8-6-10)16(20)15-14(18)12-9-11(17)4-5-13(12)21-15/h4-5,9-10H,2-3,6-8,18H2,1H3. The lowest BCUT2D eigenvalue weighted by Gasteiger charge is -2.19. The van der Waals surface area contributed by atoms with Crippen LogP contribution in [-0.4, -0.2) is 23.9 Å². The largest absolute Gasteiger partial charge is 0.397 e. The summed E-state index contributed by atoms with van der Waals surface area (Å²) in [5.74, 6) is 0.764. The van der Waals surface area contributed by atoms with Crippen molar-refractivity contribution in [2.45, 2.75) is 26.2 Å². The highest BCUT2D eigenvalue weighted by atomic mass is 35.5. The third kappa shape index (κ3) is 2.87. The van der Waals surface area contributed by atoms with Crippen LogP contribution in [-0.2, 0) is 0 Å². The normalized spacial score (nSPS) is 19.7. The van der Waals surface area contributed by atoms with Crippen LogP contribution >= 0.6 is 22.9 Å². The molecule has 1 aliphatic heterocycles. The molecule has 1 unspecified atom stereocenters. The van der Waals surface area contributed by atoms with Crippen molar-refractivity contribution in [2.24, 2.45) is 5.92 Å². The maximum Gasteiger partial charge on any atom is 0.266 e. The monoisotopic (exact) mass is 322 g/mol. The number of carbonyl (C=O) groups excluding carboxylic acids is 1. The number of nitrogens with zero attached hydrogens (tertiary/aromatic N) is 1. The van der Waals surface area contributed by atoms with Gasteiger partial charge in [0.1, 0.15) is 4.88 Å². The summed E-state index contributed by atoms with van der Waals surface area (Å²) in [7, 11) is 0. The molecule has 2 N–H and O–H groups in total. The summed E-state index contributed by atoms with van der Waals surface area (Å²) in [5, 5.41) is 1.54. The molecule has 0 spiro atoms. The minimum atomic E-state index is 0.0684. The average Bonchev–Trinajstić information content (AvgIpc) is 2.64. The molecule has 3 rings (SSSR count). The number of amides is 1. The summed E-state index contributed by atoms with van der Waals surface area (Å²) in [4.78, 5) is 15.4. The molecule has 3 nitrogen and oxygen atoms in total. The molecule has 1 amide bonds. The van der Waals surface area contributed by atoms with Crippen molar-refractivity contribution in [3.8, 4) is 0 Å². The third-order valence-corrected chi connectivity index (χ3v) is 5.60. The maximum absolute atomic E-state index is 12.8. The average molecular weight is 323 g/mol. The number of hydrogen-bond acceptors (Lipinski definition) is 3. The fourth-order valence-electron chi connectivity index (χ4n) is 2.86. The number of nitrogens with two attached hydrogens (primary N) is 1. The van der Waals surface area contributed by atoms with Crippen LogP contribution in [0.25, 0.3) is 10.1 Å². The number of thiophene rings is 1. The van der Waals surface area contributed by atoms with Crippen molar-refractivity contribution in [2.75, 3.05) is 18.8 Å². The quantitative estimate of drug-likeness (QED) is 0.845. The van der Waals surface area contributed by atoms with E-state index in [1.165, 1.54) is 17.8 Å². The SMILES string of the molecule is CC1CCCN(C(=O)c2sc3ccc(Cl)cc3c2N)CC1. The van der Waals surface area contributed by atoms with E-state index < -0.39 is 0 Å². The zero-order valence-corrected chi connectivity index (χ0v) is 13.6. The Kier molecular flexibility index (Phi) is 4.09. The lowest BCUT2D eigenvalue weighted by Crippen LogP contribution is -2.31. The number of carbonyl (C=O) groups is 1. The highest BCUT2D eigenvalue weighted by Crippen LogP contribution is 2.36. The first-order valence-electron chi connectivity index (χ1n) is 7.33. The first kappa shape index (κ1) is 14.7. The Morgan fingerprint density at radius 2 is 2.19 bits per heavy atom. The number of anilines is 1. The number of hydrogen-bond donors (Lipinski definition) is 1. The molecule has 2 heterocycles. The molecule has 1 aliphatic rings. The highest BCUT2D eigenvalue weighted by Gasteiger charge is 2.24. The van der Waals surface area contributed by atoms with Crippen LogP contribution in [0.15, 0.2) is 18.2 Å². The molecular formula is C16H19ClN2OS. The zero-order chi connectivity index (χ0) is 15.0. The van der Waals surface area contributed by atoms with E-state index in [2.05, 4.69) is 6.92 Å². The van der Waals surface area contributed by atoms with Crippen LogP contribution < -0.4 is 5.73 Å². The van der Waals surface area contributed by atoms with Gasteiger partial charge >= 0.3 is 0 Å². The van der Waals surface area contributed by atoms with Crippen LogP contribution in [0.1, 0.15) is 35.9 Å². The summed E-state index contributed by atoms with van der Waals surface area (Å²) < 4.78 is 1.02. The topological polar surface area (TPSA) is 46.3 Å². The molecule has 1 saturated heterocycles. The van der Waals surface area contributed by atoms with Gasteiger partial charge < -0.3 is 10.6 Å². The molecule has 0 saturated carbocycles. The second-order valence-corrected chi connectivity index (χ2v) is 7.30. The molecule has 1 aromatic carbocycles. The second-order valence-electron chi connectivity index (χ2n) is 5.81. The lowest BCUT2D eigenvalue weighted by molar-refractivity contribution is 0.0766. The van der Waals surface area contributed by atoms with E-state index in [0.29, 0.717) is 21.5 Å². The van der Waals surface area contributed by atoms with Crippen LogP contribution in [0.3, 0.4) is 0 Å². The van der Waals surface area contributed by atoms with Crippen LogP contribution in [0.4, 0.5) is 5.69 Å². The van der Waals surface area contributed by atoms with Gasteiger partial charge in [-0.25, -0.2) is 0 Å². The van der Waals surface area contributed by atoms with E-state index in [4.69, 9.17) is 17.3 Å². The molecule has 0 aliphatic carbocycles. The van der Waals surface area contributed by atoms with E-state index >= 15 is 0 Å². The van der Waals surface area contributed by atoms with Gasteiger partial charge in [0.15, 0.2) is 0 Å². The molecule has 1 atom stereocenters. The van der Waals surface area contributed by atoms with E-state index in [1.807, 2.05) is 23.1 Å². The third-order valence-electron chi connectivity index (χ3n) is 4.19. The minimum absolute atomic E-state index is 0.0684. The predicted molar refractivity (Wildman–Crippen MR) is 90.2 cm³/mol. The van der Waals surface area contributed by atoms with Crippen molar-refractivity contribution in [3.05, 3.63) is 28.1 Å². The van der Waals surface area contributed by atoms with Gasteiger partial charge in [0, 0.05) is 28.2 Å². The predicted octanol–water partition coefficient (Wildman–Crippen LogP) is 4.40. The summed E-state index contributed by atoms with van der Waals surface area (Å²) in [5.41, 5.74) is 6.76. The first-order chi connectivity index (χ1) is 10.1. The van der Waals surface area contributed by atoms with E-state index in [1.54, 1.807) is 0 Å². The van der Waals surface area contributed by atoms with Gasteiger partial charge in [0.05, 0.1) is 5.69 Å². The molecule has 21 heavy (non-hydrogen) atoms. The Morgan fingerprint density at radius 1 is 1.38 bits per heavy atom. The number of likely N-dealkylation sites (tertiary alicyclic amines) is 1. The molecule has 2 aromatic rings. The van der Waals surface area contributed by atoms with Gasteiger partial charge in [0.25, 0.3) is 5.91 Å². The van der Waals surface area contributed by atoms with Crippen molar-refractivity contribution in [1.82, 2.24) is 4.90 Å². The van der Waals surface area contributed by atoms with Crippen LogP contribution in [0, 0.1) is 5.92 Å². The van der Waals surface area contributed by atoms with Crippen LogP contribution in [0.5, 0.6) is 0 Å². The van der Waals surface area contributed by atoms with Gasteiger partial charge in [-0.1, -0.05) is 18.5 Å². The summed E-state index contributed by atoms with van der Waals surface area (Å²) in [6, 6.07) is 5.60. The maximum atomic E-state index is 12.8. The van der Waals surface area contributed by atoms with Gasteiger partial charge in [-0.05, 0) is 43.4 Å². The number of fused-ring (bicyclic) bond motifs is 1. The zero-order valence-electron chi connectivity index (χ0n) is 12.1. The van der Waals surface area contributed by atoms with Crippen molar-refractivity contribution in [1.29, 1.82) is 0 Å². The molecule has 0 bridgehead atoms. The number of benzene rings is 1. The molecular weight excluding hydrogens is 304 g/mol. The Morgan fingerprint density at radius 3 is 3.00 bits per heavy atom. The molecule has 1 aromatic heterocycles. The summed E-state index contributed by atoms with van der Waals surface area (Å²) in [6.07, 6.45) is 3.34. The van der Waals surface area contributed by atoms with Gasteiger partial charge in [0.2, 0.25) is 0 Å². The second kappa shape index (κ2) is 5.85. The molecule has 5 heteroatoms. The van der Waals surface area contributed by atoms with E-state index in [0.717, 1.165) is 36.0 Å². The van der Waals surface area contributed by atoms with Crippen molar-refractivity contribution in [3.63, 3.8) is 0 Å². The van der Waals surface area contributed by atoms with Crippen molar-refractivity contribution >= 4 is 44.6 Å². The first-order valence-corrected chi connectivity index (χ1v) is 8.52. The van der Waals surface area contributed by atoms with Gasteiger partial charge in [-0.3, -0.25) is 4.79 Å². The Hall–Kier alpha value is -1.26. The number of rotatable bonds is 1. The smallest absolute Gasteiger partial charge is 0.266 e. The van der Waals surface area contributed by atoms with Crippen molar-refractivity contribution < 1.29 is 4.79 Å². The number of nitrogen functional groups attached to an aromatic ring is 1. The summed E-state index contributed by atoms with van der Waals surface area (Å²) in [6.45, 7) is 3.91. The Labute approximate surface area is 133 Å². The minimum Gasteiger partial charge on any atom is -0.397 e. The Bertz CT molecular complexity index is 682. The van der Waals surface area contributed by atoms with E-state index in [-0.39, 0.29) is 5.91 Å². The summed E-state index contributed by atoms with van der Waals surface area (Å²) >= 11 is 7.49. The Balaban J connectivity index is 1.92. The lowest BCUT2D eigenvalue weighted by atomic mass is 10.0. The number of halogens is 1. The molecule has 0 radical (unpaired) electrons. The molecule has 1 fully saturated rings. The molecule has 112 valence electrons. The highest BCUT2D eigenvalue weighted by molar-refractivity contribution is 7.21. The fourth-order valence-corrected chi connectivity index (χ4v) is 4.10. The fraction of sp³-hybridized carbons (Fsp3) is 0.438. The van der Waals surface area contributed by atoms with Gasteiger partial charge in [-0.15, -0.1) is 11.3 Å². The van der Waals surface area contributed by atoms with E-state index in [9.17, 15) is 4.79 Å². The van der Waals surface area contributed by atoms with Crippen LogP contribution in [0.2, 0.25) is 5.02 Å².